The number of hydrogen-bond acceptors (Lipinski definition) is 6. The van der Waals surface area contributed by atoms with Crippen LogP contribution in [0, 0.1) is 0 Å². The molecule has 170 valence electrons. The monoisotopic (exact) mass is 486 g/mol. The van der Waals surface area contributed by atoms with Crippen LogP contribution < -0.4 is 16.0 Å². The summed E-state index contributed by atoms with van der Waals surface area (Å²) >= 11 is 5.90. The smallest absolute Gasteiger partial charge is 0.264 e. The molecule has 0 aliphatic heterocycles. The van der Waals surface area contributed by atoms with Crippen molar-refractivity contribution in [3.05, 3.63) is 87.6 Å². The number of halogens is 1. The van der Waals surface area contributed by atoms with Gasteiger partial charge in [-0.1, -0.05) is 23.7 Å². The molecule has 0 unspecified atom stereocenters. The molecule has 4 rings (SSSR count). The van der Waals surface area contributed by atoms with Crippen molar-refractivity contribution in [1.82, 2.24) is 24.6 Å². The summed E-state index contributed by atoms with van der Waals surface area (Å²) < 4.78 is 25.6. The Hall–Kier alpha value is -3.54. The molecular formula is C21H19ClN6O4S. The molecule has 1 amide bonds. The Morgan fingerprint density at radius 3 is 2.45 bits per heavy atom. The third-order valence-corrected chi connectivity index (χ3v) is 6.12. The molecule has 0 spiro atoms. The van der Waals surface area contributed by atoms with Crippen molar-refractivity contribution < 1.29 is 13.2 Å². The van der Waals surface area contributed by atoms with Crippen LogP contribution in [0.2, 0.25) is 5.02 Å². The van der Waals surface area contributed by atoms with E-state index in [1.54, 1.807) is 12.1 Å². The van der Waals surface area contributed by atoms with Crippen LogP contribution in [0.1, 0.15) is 15.9 Å². The number of carbonyl (C=O) groups is 1. The minimum Gasteiger partial charge on any atom is -0.350 e. The predicted octanol–water partition coefficient (Wildman–Crippen LogP) is 1.37. The van der Waals surface area contributed by atoms with Gasteiger partial charge in [-0.25, -0.2) is 23.2 Å². The third kappa shape index (κ3) is 5.11. The number of sulfonamides is 1. The lowest BCUT2D eigenvalue weighted by atomic mass is 10.2. The number of carbonyl (C=O) groups excluding carboxylic acids is 1. The summed E-state index contributed by atoms with van der Waals surface area (Å²) in [6.45, 7) is 0.866. The molecule has 33 heavy (non-hydrogen) atoms. The molecule has 2 heterocycles. The Morgan fingerprint density at radius 1 is 1.09 bits per heavy atom. The molecule has 2 aromatic carbocycles. The molecule has 0 aliphatic carbocycles. The van der Waals surface area contributed by atoms with Crippen LogP contribution >= 0.6 is 11.6 Å². The van der Waals surface area contributed by atoms with E-state index < -0.39 is 10.0 Å². The van der Waals surface area contributed by atoms with Gasteiger partial charge in [0.2, 0.25) is 10.0 Å². The van der Waals surface area contributed by atoms with E-state index in [9.17, 15) is 18.0 Å². The zero-order valence-electron chi connectivity index (χ0n) is 17.2. The van der Waals surface area contributed by atoms with E-state index in [-0.39, 0.29) is 35.0 Å². The summed E-state index contributed by atoms with van der Waals surface area (Å²) in [4.78, 5) is 29.4. The number of rotatable bonds is 7. The van der Waals surface area contributed by atoms with Crippen molar-refractivity contribution in [2.75, 3.05) is 6.54 Å². The molecule has 0 radical (unpaired) electrons. The van der Waals surface area contributed by atoms with Crippen LogP contribution in [0.3, 0.4) is 0 Å². The zero-order chi connectivity index (χ0) is 23.6. The minimum absolute atomic E-state index is 0.0742. The molecule has 0 aliphatic rings. The Bertz CT molecular complexity index is 1480. The molecule has 2 aromatic heterocycles. The van der Waals surface area contributed by atoms with E-state index in [2.05, 4.69) is 15.4 Å². The van der Waals surface area contributed by atoms with Crippen molar-refractivity contribution in [2.24, 2.45) is 5.14 Å². The molecule has 0 fully saturated rings. The maximum absolute atomic E-state index is 12.8. The van der Waals surface area contributed by atoms with Gasteiger partial charge in [-0.3, -0.25) is 14.2 Å². The molecule has 0 saturated heterocycles. The first-order valence-corrected chi connectivity index (χ1v) is 11.7. The highest BCUT2D eigenvalue weighted by molar-refractivity contribution is 7.89. The van der Waals surface area contributed by atoms with E-state index in [0.717, 1.165) is 5.56 Å². The standard InChI is InChI=1S/C21H19ClN6O4S/c22-16-5-1-14(2-6-16)12-27-13-25-19-18(21(27)30)11-26-28(19)10-9-24-20(29)15-3-7-17(8-4-15)33(23,31)32/h1-8,11,13H,9-10,12H2,(H,24,29)(H2,23,31,32). The Balaban J connectivity index is 1.42. The molecule has 3 N–H and O–H groups in total. The van der Waals surface area contributed by atoms with Crippen LogP contribution in [0.25, 0.3) is 11.0 Å². The molecule has 12 heteroatoms. The molecule has 4 aromatic rings. The van der Waals surface area contributed by atoms with Gasteiger partial charge in [0.1, 0.15) is 11.7 Å². The van der Waals surface area contributed by atoms with Crippen molar-refractivity contribution >= 4 is 38.6 Å². The summed E-state index contributed by atoms with van der Waals surface area (Å²) in [6.07, 6.45) is 2.92. The topological polar surface area (TPSA) is 142 Å². The van der Waals surface area contributed by atoms with Crippen LogP contribution in [0.4, 0.5) is 0 Å². The summed E-state index contributed by atoms with van der Waals surface area (Å²) in [5.41, 5.74) is 1.39. The number of primary sulfonamides is 1. The molecule has 0 atom stereocenters. The van der Waals surface area contributed by atoms with E-state index >= 15 is 0 Å². The lowest BCUT2D eigenvalue weighted by molar-refractivity contribution is 0.0952. The fourth-order valence-corrected chi connectivity index (χ4v) is 3.88. The van der Waals surface area contributed by atoms with Gasteiger partial charge in [0.05, 0.1) is 24.2 Å². The van der Waals surface area contributed by atoms with Gasteiger partial charge in [0, 0.05) is 17.1 Å². The average molecular weight is 487 g/mol. The first-order valence-electron chi connectivity index (χ1n) is 9.79. The van der Waals surface area contributed by atoms with Crippen molar-refractivity contribution in [2.45, 2.75) is 18.0 Å². The number of aromatic nitrogens is 4. The Morgan fingerprint density at radius 2 is 1.79 bits per heavy atom. The van der Waals surface area contributed by atoms with Crippen molar-refractivity contribution in [3.63, 3.8) is 0 Å². The highest BCUT2D eigenvalue weighted by Gasteiger charge is 2.12. The fourth-order valence-electron chi connectivity index (χ4n) is 3.23. The number of benzene rings is 2. The van der Waals surface area contributed by atoms with Crippen LogP contribution in [-0.4, -0.2) is 40.2 Å². The van der Waals surface area contributed by atoms with Gasteiger partial charge in [-0.2, -0.15) is 5.10 Å². The van der Waals surface area contributed by atoms with Crippen molar-refractivity contribution in [3.8, 4) is 0 Å². The number of nitrogens with one attached hydrogen (secondary N) is 1. The number of nitrogens with two attached hydrogens (primary N) is 1. The minimum atomic E-state index is -3.82. The Kier molecular flexibility index (Phi) is 6.27. The largest absolute Gasteiger partial charge is 0.350 e. The second-order valence-corrected chi connectivity index (χ2v) is 9.23. The molecule has 10 nitrogen and oxygen atoms in total. The van der Waals surface area contributed by atoms with Gasteiger partial charge >= 0.3 is 0 Å². The highest BCUT2D eigenvalue weighted by Crippen LogP contribution is 2.12. The number of nitrogens with zero attached hydrogens (tertiary/aromatic N) is 4. The van der Waals surface area contributed by atoms with Crippen LogP contribution in [-0.2, 0) is 23.1 Å². The highest BCUT2D eigenvalue weighted by atomic mass is 35.5. The third-order valence-electron chi connectivity index (χ3n) is 4.94. The number of hydrogen-bond donors (Lipinski definition) is 2. The predicted molar refractivity (Wildman–Crippen MR) is 122 cm³/mol. The lowest BCUT2D eigenvalue weighted by Crippen LogP contribution is -2.28. The molecule has 0 bridgehead atoms. The maximum Gasteiger partial charge on any atom is 0.264 e. The second kappa shape index (κ2) is 9.14. The second-order valence-electron chi connectivity index (χ2n) is 7.23. The number of amides is 1. The van der Waals surface area contributed by atoms with Gasteiger partial charge < -0.3 is 5.32 Å². The van der Waals surface area contributed by atoms with Crippen LogP contribution in [0.5, 0.6) is 0 Å². The Labute approximate surface area is 193 Å². The van der Waals surface area contributed by atoms with Crippen molar-refractivity contribution in [1.29, 1.82) is 0 Å². The van der Waals surface area contributed by atoms with E-state index in [1.807, 2.05) is 12.1 Å². The summed E-state index contributed by atoms with van der Waals surface area (Å²) in [7, 11) is -3.82. The van der Waals surface area contributed by atoms with Gasteiger partial charge in [0.15, 0.2) is 5.65 Å². The van der Waals surface area contributed by atoms with Crippen LogP contribution in [0.15, 0.2) is 70.7 Å². The van der Waals surface area contributed by atoms with E-state index in [4.69, 9.17) is 16.7 Å². The fraction of sp³-hybridized carbons (Fsp3) is 0.143. The SMILES string of the molecule is NS(=O)(=O)c1ccc(C(=O)NCCn2ncc3c(=O)n(Cc4ccc(Cl)cc4)cnc32)cc1. The lowest BCUT2D eigenvalue weighted by Gasteiger charge is -2.08. The van der Waals surface area contributed by atoms with E-state index in [1.165, 1.54) is 46.0 Å². The normalized spacial score (nSPS) is 11.6. The van der Waals surface area contributed by atoms with Gasteiger partial charge in [-0.15, -0.1) is 0 Å². The summed E-state index contributed by atoms with van der Waals surface area (Å²) in [5, 5.41) is 13.0. The number of fused-ring (bicyclic) bond motifs is 1. The maximum atomic E-state index is 12.8. The first-order chi connectivity index (χ1) is 15.7. The van der Waals surface area contributed by atoms with Gasteiger partial charge in [-0.05, 0) is 42.0 Å². The van der Waals surface area contributed by atoms with E-state index in [0.29, 0.717) is 22.6 Å². The average Bonchev–Trinajstić information content (AvgIpc) is 3.20. The summed E-state index contributed by atoms with van der Waals surface area (Å²) in [6, 6.07) is 12.5. The van der Waals surface area contributed by atoms with Gasteiger partial charge in [0.25, 0.3) is 11.5 Å². The quantitative estimate of drug-likeness (QED) is 0.404. The summed E-state index contributed by atoms with van der Waals surface area (Å²) in [5.74, 6) is -0.384. The molecular weight excluding hydrogens is 468 g/mol. The zero-order valence-corrected chi connectivity index (χ0v) is 18.8. The first kappa shape index (κ1) is 22.6. The molecule has 0 saturated carbocycles.